The normalized spacial score (nSPS) is 16.9. The van der Waals surface area contributed by atoms with Crippen molar-refractivity contribution in [1.82, 2.24) is 9.73 Å². The first-order valence-electron chi connectivity index (χ1n) is 12.3. The van der Waals surface area contributed by atoms with Gasteiger partial charge in [0.1, 0.15) is 0 Å². The summed E-state index contributed by atoms with van der Waals surface area (Å²) in [7, 11) is -3.64. The summed E-state index contributed by atoms with van der Waals surface area (Å²) in [5.74, 6) is 0. The molecule has 0 atom stereocenters. The van der Waals surface area contributed by atoms with Crippen molar-refractivity contribution in [2.24, 2.45) is 5.10 Å². The Kier molecular flexibility index (Phi) is 11.5. The largest absolute Gasteiger partial charge is 0.379 e. The van der Waals surface area contributed by atoms with Crippen LogP contribution < -0.4 is 10.7 Å². The molecule has 0 aliphatic carbocycles. The standard InChI is InChI=1S/C22H27ClN4O3S2.C4H8O2/c1-22(2,3)17-6-4-16(5-7-17)15-24-26-21(31)25-20-14-18(8-9-19(20)23)32(28,29)27-10-12-30-13-11-27;1-2-6-4-3-5-1/h4-9,14-15H,10-13H2,1-3H3,(H2,25,26,31);1-4H2. The zero-order chi connectivity index (χ0) is 27.6. The van der Waals surface area contributed by atoms with Crippen molar-refractivity contribution in [3.8, 4) is 0 Å². The molecule has 0 unspecified atom stereocenters. The Bertz CT molecular complexity index is 1180. The van der Waals surface area contributed by atoms with Crippen molar-refractivity contribution in [2.45, 2.75) is 31.1 Å². The lowest BCUT2D eigenvalue weighted by Gasteiger charge is -2.26. The highest BCUT2D eigenvalue weighted by Gasteiger charge is 2.27. The average molecular weight is 583 g/mol. The van der Waals surface area contributed by atoms with E-state index in [1.807, 2.05) is 12.1 Å². The minimum absolute atomic E-state index is 0.0858. The van der Waals surface area contributed by atoms with E-state index in [9.17, 15) is 8.42 Å². The van der Waals surface area contributed by atoms with Crippen LogP contribution in [0.25, 0.3) is 0 Å². The Morgan fingerprint density at radius 3 is 2.11 bits per heavy atom. The molecule has 2 fully saturated rings. The first-order valence-corrected chi connectivity index (χ1v) is 14.5. The van der Waals surface area contributed by atoms with E-state index < -0.39 is 10.0 Å². The fourth-order valence-corrected chi connectivity index (χ4v) is 5.28. The molecule has 2 aliphatic heterocycles. The van der Waals surface area contributed by atoms with Crippen LogP contribution in [0.5, 0.6) is 0 Å². The molecule has 2 aromatic carbocycles. The van der Waals surface area contributed by atoms with Crippen molar-refractivity contribution < 1.29 is 22.6 Å². The van der Waals surface area contributed by atoms with Crippen LogP contribution in [0.4, 0.5) is 5.69 Å². The molecule has 0 bridgehead atoms. The van der Waals surface area contributed by atoms with Gasteiger partial charge in [0.15, 0.2) is 5.11 Å². The van der Waals surface area contributed by atoms with E-state index in [0.29, 0.717) is 37.0 Å². The van der Waals surface area contributed by atoms with Crippen molar-refractivity contribution in [3.05, 3.63) is 58.6 Å². The van der Waals surface area contributed by atoms with Crippen LogP contribution in [0.1, 0.15) is 31.9 Å². The highest BCUT2D eigenvalue weighted by atomic mass is 35.5. The van der Waals surface area contributed by atoms with Gasteiger partial charge in [-0.3, -0.25) is 5.43 Å². The maximum absolute atomic E-state index is 12.9. The average Bonchev–Trinajstić information content (AvgIpc) is 2.91. The number of hydrogen-bond acceptors (Lipinski definition) is 7. The minimum Gasteiger partial charge on any atom is -0.379 e. The quantitative estimate of drug-likeness (QED) is 0.310. The lowest BCUT2D eigenvalue weighted by atomic mass is 9.87. The van der Waals surface area contributed by atoms with Gasteiger partial charge in [-0.15, -0.1) is 0 Å². The van der Waals surface area contributed by atoms with E-state index in [0.717, 1.165) is 32.0 Å². The Morgan fingerprint density at radius 1 is 0.974 bits per heavy atom. The van der Waals surface area contributed by atoms with E-state index in [2.05, 4.69) is 48.7 Å². The van der Waals surface area contributed by atoms with Crippen LogP contribution >= 0.6 is 23.8 Å². The third kappa shape index (κ3) is 9.26. The lowest BCUT2D eigenvalue weighted by molar-refractivity contribution is -0.0334. The van der Waals surface area contributed by atoms with Crippen molar-refractivity contribution >= 4 is 50.9 Å². The lowest BCUT2D eigenvalue weighted by Crippen LogP contribution is -2.40. The van der Waals surface area contributed by atoms with Crippen LogP contribution in [-0.2, 0) is 29.6 Å². The van der Waals surface area contributed by atoms with Gasteiger partial charge in [0.25, 0.3) is 0 Å². The van der Waals surface area contributed by atoms with Crippen LogP contribution in [0.15, 0.2) is 52.5 Å². The molecular weight excluding hydrogens is 548 g/mol. The Morgan fingerprint density at radius 2 is 1.55 bits per heavy atom. The van der Waals surface area contributed by atoms with Crippen LogP contribution in [-0.4, -0.2) is 76.8 Å². The topological polar surface area (TPSA) is 101 Å². The molecule has 2 aliphatic rings. The Hall–Kier alpha value is -2.12. The van der Waals surface area contributed by atoms with Crippen molar-refractivity contribution in [3.63, 3.8) is 0 Å². The SMILES string of the molecule is C1COCCO1.CC(C)(C)c1ccc(C=NNC(=S)Nc2cc(S(=O)(=O)N3CCOCC3)ccc2Cl)cc1. The number of benzene rings is 2. The predicted octanol–water partition coefficient (Wildman–Crippen LogP) is 4.01. The molecule has 2 heterocycles. The summed E-state index contributed by atoms with van der Waals surface area (Å²) in [6, 6.07) is 12.6. The number of morpholine rings is 1. The summed E-state index contributed by atoms with van der Waals surface area (Å²) in [4.78, 5) is 0.136. The van der Waals surface area contributed by atoms with Gasteiger partial charge in [0.05, 0.1) is 61.5 Å². The number of halogens is 1. The van der Waals surface area contributed by atoms with Crippen LogP contribution in [0.2, 0.25) is 5.02 Å². The fraction of sp³-hybridized carbons (Fsp3) is 0.462. The smallest absolute Gasteiger partial charge is 0.243 e. The van der Waals surface area contributed by atoms with Crippen LogP contribution in [0, 0.1) is 0 Å². The van der Waals surface area contributed by atoms with E-state index in [1.54, 1.807) is 6.21 Å². The van der Waals surface area contributed by atoms with Gasteiger partial charge in [0.2, 0.25) is 10.0 Å². The zero-order valence-corrected chi connectivity index (χ0v) is 24.3. The number of anilines is 1. The maximum atomic E-state index is 12.9. The second kappa shape index (κ2) is 14.3. The fourth-order valence-electron chi connectivity index (χ4n) is 3.52. The van der Waals surface area contributed by atoms with Gasteiger partial charge in [-0.1, -0.05) is 56.6 Å². The molecule has 0 aromatic heterocycles. The maximum Gasteiger partial charge on any atom is 0.243 e. The van der Waals surface area contributed by atoms with Gasteiger partial charge >= 0.3 is 0 Å². The monoisotopic (exact) mass is 582 g/mol. The Labute approximate surface area is 235 Å². The first-order chi connectivity index (χ1) is 18.1. The molecule has 0 radical (unpaired) electrons. The summed E-state index contributed by atoms with van der Waals surface area (Å²) in [5, 5.41) is 7.58. The van der Waals surface area contributed by atoms with E-state index in [4.69, 9.17) is 38.0 Å². The van der Waals surface area contributed by atoms with Crippen molar-refractivity contribution in [1.29, 1.82) is 0 Å². The second-order valence-electron chi connectivity index (χ2n) is 9.58. The number of thiocarbonyl (C=S) groups is 1. The molecule has 9 nitrogen and oxygen atoms in total. The van der Waals surface area contributed by atoms with E-state index in [1.165, 1.54) is 28.1 Å². The molecule has 2 N–H and O–H groups in total. The number of hydrogen-bond donors (Lipinski definition) is 2. The summed E-state index contributed by atoms with van der Waals surface area (Å²) in [6.07, 6.45) is 1.65. The number of sulfonamides is 1. The number of ether oxygens (including phenoxy) is 3. The molecule has 4 rings (SSSR count). The Balaban J connectivity index is 0.000000585. The highest BCUT2D eigenvalue weighted by molar-refractivity contribution is 7.89. The van der Waals surface area contributed by atoms with Gasteiger partial charge < -0.3 is 19.5 Å². The molecule has 2 saturated heterocycles. The van der Waals surface area contributed by atoms with Gasteiger partial charge in [-0.25, -0.2) is 8.42 Å². The first kappa shape index (κ1) is 30.4. The number of nitrogens with one attached hydrogen (secondary N) is 2. The summed E-state index contributed by atoms with van der Waals surface area (Å²) in [6.45, 7) is 11.0. The minimum atomic E-state index is -3.64. The van der Waals surface area contributed by atoms with Gasteiger partial charge in [-0.05, 0) is 47.0 Å². The second-order valence-corrected chi connectivity index (χ2v) is 12.3. The zero-order valence-electron chi connectivity index (χ0n) is 21.9. The third-order valence-corrected chi connectivity index (χ3v) is 8.11. The summed E-state index contributed by atoms with van der Waals surface area (Å²) in [5.41, 5.74) is 5.35. The molecule has 12 heteroatoms. The van der Waals surface area contributed by atoms with Gasteiger partial charge in [-0.2, -0.15) is 9.41 Å². The summed E-state index contributed by atoms with van der Waals surface area (Å²) < 4.78 is 42.3. The van der Waals surface area contributed by atoms with E-state index >= 15 is 0 Å². The number of nitrogens with zero attached hydrogens (tertiary/aromatic N) is 2. The molecule has 0 saturated carbocycles. The number of rotatable bonds is 5. The van der Waals surface area contributed by atoms with Crippen molar-refractivity contribution in [2.75, 3.05) is 58.0 Å². The molecule has 208 valence electrons. The molecule has 2 aromatic rings. The predicted molar refractivity (Wildman–Crippen MR) is 155 cm³/mol. The van der Waals surface area contributed by atoms with Crippen LogP contribution in [0.3, 0.4) is 0 Å². The highest BCUT2D eigenvalue weighted by Crippen LogP contribution is 2.27. The van der Waals surface area contributed by atoms with Gasteiger partial charge in [0, 0.05) is 13.1 Å². The molecule has 0 spiro atoms. The third-order valence-electron chi connectivity index (χ3n) is 5.69. The molecular formula is C26H35ClN4O5S2. The molecule has 0 amide bonds. The van der Waals surface area contributed by atoms with E-state index in [-0.39, 0.29) is 15.4 Å². The number of hydrazone groups is 1. The molecule has 38 heavy (non-hydrogen) atoms. The summed E-state index contributed by atoms with van der Waals surface area (Å²) >= 11 is 11.5.